The summed E-state index contributed by atoms with van der Waals surface area (Å²) in [6.07, 6.45) is 2.40. The van der Waals surface area contributed by atoms with E-state index in [0.29, 0.717) is 25.2 Å². The van der Waals surface area contributed by atoms with Gasteiger partial charge in [0.15, 0.2) is 0 Å². The molecule has 0 saturated carbocycles. The Morgan fingerprint density at radius 2 is 1.96 bits per heavy atom. The topological polar surface area (TPSA) is 67.2 Å². The van der Waals surface area contributed by atoms with E-state index in [9.17, 15) is 9.59 Å². The van der Waals surface area contributed by atoms with Crippen LogP contribution in [-0.4, -0.2) is 39.9 Å². The number of fused-ring (bicyclic) bond motifs is 2. The highest BCUT2D eigenvalue weighted by Crippen LogP contribution is 2.22. The number of benzene rings is 1. The molecule has 3 aromatic rings. The van der Waals surface area contributed by atoms with Crippen molar-refractivity contribution >= 4 is 22.7 Å². The Kier molecular flexibility index (Phi) is 4.62. The van der Waals surface area contributed by atoms with E-state index in [1.807, 2.05) is 53.6 Å². The molecule has 0 radical (unpaired) electrons. The Morgan fingerprint density at radius 1 is 1.11 bits per heavy atom. The number of para-hydroxylation sites is 1. The van der Waals surface area contributed by atoms with E-state index in [4.69, 9.17) is 0 Å². The fourth-order valence-corrected chi connectivity index (χ4v) is 3.67. The normalized spacial score (nSPS) is 16.6. The third-order valence-corrected chi connectivity index (χ3v) is 5.07. The van der Waals surface area contributed by atoms with Crippen LogP contribution in [0.2, 0.25) is 0 Å². The number of pyridine rings is 1. The zero-order valence-electron chi connectivity index (χ0n) is 15.3. The maximum atomic E-state index is 13.2. The fraction of sp³-hybridized carbons (Fsp3) is 0.286. The minimum Gasteiger partial charge on any atom is -0.359 e. The van der Waals surface area contributed by atoms with Crippen molar-refractivity contribution in [2.45, 2.75) is 19.5 Å². The first kappa shape index (κ1) is 17.3. The second-order valence-electron chi connectivity index (χ2n) is 6.97. The molecule has 3 heterocycles. The first-order chi connectivity index (χ1) is 13.1. The molecule has 27 heavy (non-hydrogen) atoms. The smallest absolute Gasteiger partial charge is 0.272 e. The average Bonchev–Trinajstić information content (AvgIpc) is 3.05. The molecule has 2 aromatic heterocycles. The lowest BCUT2D eigenvalue weighted by atomic mass is 10.0. The number of nitrogens with one attached hydrogen (secondary N) is 1. The summed E-state index contributed by atoms with van der Waals surface area (Å²) < 4.78 is 2.13. The quantitative estimate of drug-likeness (QED) is 0.778. The summed E-state index contributed by atoms with van der Waals surface area (Å²) in [5.74, 6) is -0.0489. The van der Waals surface area contributed by atoms with Crippen molar-refractivity contribution in [3.05, 3.63) is 66.1 Å². The highest BCUT2D eigenvalue weighted by Gasteiger charge is 2.27. The highest BCUT2D eigenvalue weighted by molar-refractivity contribution is 5.95. The van der Waals surface area contributed by atoms with E-state index in [1.165, 1.54) is 0 Å². The van der Waals surface area contributed by atoms with Crippen molar-refractivity contribution in [1.29, 1.82) is 0 Å². The van der Waals surface area contributed by atoms with Crippen molar-refractivity contribution in [3.8, 4) is 0 Å². The molecule has 1 aromatic carbocycles. The molecular formula is C21H22N4O2. The van der Waals surface area contributed by atoms with Gasteiger partial charge in [0.2, 0.25) is 5.91 Å². The number of carbonyl (C=O) groups is 2. The molecule has 1 aliphatic heterocycles. The zero-order chi connectivity index (χ0) is 18.8. The Balaban J connectivity index is 1.63. The molecule has 1 aliphatic rings. The van der Waals surface area contributed by atoms with Crippen molar-refractivity contribution in [2.24, 2.45) is 5.92 Å². The van der Waals surface area contributed by atoms with Gasteiger partial charge in [-0.05, 0) is 24.3 Å². The average molecular weight is 362 g/mol. The Morgan fingerprint density at radius 3 is 2.81 bits per heavy atom. The van der Waals surface area contributed by atoms with E-state index in [0.717, 1.165) is 23.1 Å². The van der Waals surface area contributed by atoms with Crippen LogP contribution in [0.15, 0.2) is 54.7 Å². The summed E-state index contributed by atoms with van der Waals surface area (Å²) >= 11 is 0. The van der Waals surface area contributed by atoms with Crippen LogP contribution in [0.5, 0.6) is 0 Å². The highest BCUT2D eigenvalue weighted by atomic mass is 16.2. The van der Waals surface area contributed by atoms with Crippen molar-refractivity contribution < 1.29 is 9.59 Å². The standard InChI is InChI=1S/C21H22N4O2/c1-22-20(26)11-15-12-24-10-4-6-17(24)14-25(13-15)21(27)19-9-8-16-5-2-3-7-18(16)23-19/h2-10,15H,11-14H2,1H3,(H,22,26). The van der Waals surface area contributed by atoms with Crippen LogP contribution in [0.3, 0.4) is 0 Å². The van der Waals surface area contributed by atoms with Gasteiger partial charge in [-0.15, -0.1) is 0 Å². The van der Waals surface area contributed by atoms with Gasteiger partial charge in [-0.25, -0.2) is 4.98 Å². The molecule has 6 nitrogen and oxygen atoms in total. The maximum absolute atomic E-state index is 13.2. The fourth-order valence-electron chi connectivity index (χ4n) is 3.67. The zero-order valence-corrected chi connectivity index (χ0v) is 15.3. The van der Waals surface area contributed by atoms with Gasteiger partial charge in [-0.2, -0.15) is 0 Å². The lowest BCUT2D eigenvalue weighted by Gasteiger charge is -2.23. The van der Waals surface area contributed by atoms with Crippen LogP contribution in [0.4, 0.5) is 0 Å². The summed E-state index contributed by atoms with van der Waals surface area (Å²) in [6.45, 7) is 1.78. The maximum Gasteiger partial charge on any atom is 0.272 e. The monoisotopic (exact) mass is 362 g/mol. The number of nitrogens with zero attached hydrogens (tertiary/aromatic N) is 3. The lowest BCUT2D eigenvalue weighted by Crippen LogP contribution is -2.36. The van der Waals surface area contributed by atoms with Crippen LogP contribution >= 0.6 is 0 Å². The van der Waals surface area contributed by atoms with E-state index in [2.05, 4.69) is 14.9 Å². The predicted molar refractivity (Wildman–Crippen MR) is 103 cm³/mol. The van der Waals surface area contributed by atoms with Crippen LogP contribution in [0.25, 0.3) is 10.9 Å². The van der Waals surface area contributed by atoms with Crippen molar-refractivity contribution in [2.75, 3.05) is 13.6 Å². The van der Waals surface area contributed by atoms with Crippen LogP contribution in [0, 0.1) is 5.92 Å². The molecule has 1 atom stereocenters. The van der Waals surface area contributed by atoms with Gasteiger partial charge in [-0.1, -0.05) is 24.3 Å². The van der Waals surface area contributed by atoms with Crippen LogP contribution in [0.1, 0.15) is 22.6 Å². The summed E-state index contributed by atoms with van der Waals surface area (Å²) in [7, 11) is 1.64. The minimum atomic E-state index is -0.0997. The SMILES string of the molecule is CNC(=O)CC1CN(C(=O)c2ccc3ccccc3n2)Cc2cccn2C1. The lowest BCUT2D eigenvalue weighted by molar-refractivity contribution is -0.121. The predicted octanol–water partition coefficient (Wildman–Crippen LogP) is 2.44. The summed E-state index contributed by atoms with van der Waals surface area (Å²) in [6, 6.07) is 15.5. The Bertz CT molecular complexity index is 995. The van der Waals surface area contributed by atoms with Gasteiger partial charge in [-0.3, -0.25) is 9.59 Å². The van der Waals surface area contributed by atoms with Gasteiger partial charge in [0, 0.05) is 49.8 Å². The number of hydrogen-bond donors (Lipinski definition) is 1. The van der Waals surface area contributed by atoms with Gasteiger partial charge in [0.25, 0.3) is 5.91 Å². The van der Waals surface area contributed by atoms with E-state index in [-0.39, 0.29) is 17.7 Å². The van der Waals surface area contributed by atoms with Crippen LogP contribution < -0.4 is 5.32 Å². The number of rotatable bonds is 3. The first-order valence-corrected chi connectivity index (χ1v) is 9.13. The molecule has 1 unspecified atom stereocenters. The third-order valence-electron chi connectivity index (χ3n) is 5.07. The number of aromatic nitrogens is 2. The van der Waals surface area contributed by atoms with Gasteiger partial charge < -0.3 is 14.8 Å². The van der Waals surface area contributed by atoms with Crippen molar-refractivity contribution in [1.82, 2.24) is 19.8 Å². The molecule has 1 N–H and O–H groups in total. The largest absolute Gasteiger partial charge is 0.359 e. The number of carbonyl (C=O) groups excluding carboxylic acids is 2. The molecule has 2 amide bonds. The van der Waals surface area contributed by atoms with Gasteiger partial charge in [0.05, 0.1) is 12.1 Å². The minimum absolute atomic E-state index is 0.00756. The molecule has 6 heteroatoms. The van der Waals surface area contributed by atoms with Crippen molar-refractivity contribution in [3.63, 3.8) is 0 Å². The summed E-state index contributed by atoms with van der Waals surface area (Å²) in [5, 5.41) is 3.69. The Labute approximate surface area is 157 Å². The molecule has 4 rings (SSSR count). The van der Waals surface area contributed by atoms with Crippen LogP contribution in [-0.2, 0) is 17.9 Å². The second-order valence-corrected chi connectivity index (χ2v) is 6.97. The molecule has 0 spiro atoms. The molecule has 0 aliphatic carbocycles. The summed E-state index contributed by atoms with van der Waals surface area (Å²) in [5.41, 5.74) is 2.32. The second kappa shape index (κ2) is 7.23. The van der Waals surface area contributed by atoms with Gasteiger partial charge in [0.1, 0.15) is 5.69 Å². The molecular weight excluding hydrogens is 340 g/mol. The molecule has 0 bridgehead atoms. The molecule has 0 saturated heterocycles. The number of hydrogen-bond acceptors (Lipinski definition) is 3. The van der Waals surface area contributed by atoms with E-state index >= 15 is 0 Å². The third kappa shape index (κ3) is 3.56. The Hall–Kier alpha value is -3.15. The summed E-state index contributed by atoms with van der Waals surface area (Å²) in [4.78, 5) is 31.4. The number of amides is 2. The van der Waals surface area contributed by atoms with E-state index < -0.39 is 0 Å². The van der Waals surface area contributed by atoms with E-state index in [1.54, 1.807) is 13.1 Å². The molecule has 0 fully saturated rings. The van der Waals surface area contributed by atoms with Gasteiger partial charge >= 0.3 is 0 Å². The first-order valence-electron chi connectivity index (χ1n) is 9.13. The molecule has 138 valence electrons.